The molecule has 0 bridgehead atoms. The van der Waals surface area contributed by atoms with Crippen LogP contribution >= 0.6 is 0 Å². The molecule has 0 aromatic heterocycles. The van der Waals surface area contributed by atoms with Gasteiger partial charge in [0, 0.05) is 14.2 Å². The summed E-state index contributed by atoms with van der Waals surface area (Å²) in [6.45, 7) is 1.06. The van der Waals surface area contributed by atoms with Gasteiger partial charge >= 0.3 is 0 Å². The number of rotatable bonds is 9. The van der Waals surface area contributed by atoms with E-state index in [1.807, 2.05) is 0 Å². The molecule has 2 unspecified atom stereocenters. The summed E-state index contributed by atoms with van der Waals surface area (Å²) in [4.78, 5) is 10.8. The highest BCUT2D eigenvalue weighted by Gasteiger charge is 2.14. The lowest BCUT2D eigenvalue weighted by Gasteiger charge is -2.17. The predicted octanol–water partition coefficient (Wildman–Crippen LogP) is -1.26. The molecule has 0 fully saturated rings. The zero-order chi connectivity index (χ0) is 11.7. The Hall–Kier alpha value is -0.690. The van der Waals surface area contributed by atoms with E-state index in [-0.39, 0.29) is 12.7 Å². The lowest BCUT2D eigenvalue weighted by atomic mass is 10.3. The van der Waals surface area contributed by atoms with E-state index in [4.69, 9.17) is 19.9 Å². The molecule has 6 heteroatoms. The number of hydrogen-bond acceptors (Lipinski definition) is 5. The van der Waals surface area contributed by atoms with E-state index in [1.165, 1.54) is 0 Å². The van der Waals surface area contributed by atoms with Crippen LogP contribution < -0.4 is 11.1 Å². The van der Waals surface area contributed by atoms with E-state index < -0.39 is 11.9 Å². The lowest BCUT2D eigenvalue weighted by molar-refractivity contribution is -0.122. The van der Waals surface area contributed by atoms with Crippen molar-refractivity contribution in [3.05, 3.63) is 0 Å². The van der Waals surface area contributed by atoms with Crippen molar-refractivity contribution in [2.45, 2.75) is 12.1 Å². The van der Waals surface area contributed by atoms with Gasteiger partial charge in [-0.05, 0) is 7.05 Å². The topological polar surface area (TPSA) is 82.8 Å². The zero-order valence-electron chi connectivity index (χ0n) is 9.49. The second kappa shape index (κ2) is 8.60. The molecule has 1 amide bonds. The first kappa shape index (κ1) is 14.3. The minimum atomic E-state index is -0.468. The van der Waals surface area contributed by atoms with Crippen LogP contribution in [0.25, 0.3) is 0 Å². The molecule has 0 saturated heterocycles. The number of hydrogen-bond donors (Lipinski definition) is 2. The summed E-state index contributed by atoms with van der Waals surface area (Å²) >= 11 is 0. The molecule has 0 aliphatic carbocycles. The molecule has 0 spiro atoms. The number of likely N-dealkylation sites (N-methyl/N-ethyl adjacent to an activating group) is 1. The van der Waals surface area contributed by atoms with E-state index in [1.54, 1.807) is 21.3 Å². The predicted molar refractivity (Wildman–Crippen MR) is 55.5 cm³/mol. The first-order valence-corrected chi connectivity index (χ1v) is 4.71. The molecule has 0 radical (unpaired) electrons. The van der Waals surface area contributed by atoms with Gasteiger partial charge in [-0.1, -0.05) is 0 Å². The van der Waals surface area contributed by atoms with Crippen molar-refractivity contribution in [1.82, 2.24) is 5.32 Å². The van der Waals surface area contributed by atoms with Crippen molar-refractivity contribution in [2.24, 2.45) is 5.73 Å². The van der Waals surface area contributed by atoms with Crippen LogP contribution in [0.15, 0.2) is 0 Å². The molecular formula is C9H20N2O4. The van der Waals surface area contributed by atoms with Gasteiger partial charge in [-0.2, -0.15) is 0 Å². The Bertz CT molecular complexity index is 177. The van der Waals surface area contributed by atoms with E-state index in [9.17, 15) is 4.79 Å². The van der Waals surface area contributed by atoms with Crippen LogP contribution in [-0.4, -0.2) is 59.1 Å². The van der Waals surface area contributed by atoms with Crippen LogP contribution in [0.1, 0.15) is 0 Å². The van der Waals surface area contributed by atoms with Crippen molar-refractivity contribution in [1.29, 1.82) is 0 Å². The highest BCUT2D eigenvalue weighted by molar-refractivity contribution is 5.79. The molecular weight excluding hydrogens is 200 g/mol. The van der Waals surface area contributed by atoms with Crippen LogP contribution in [0.2, 0.25) is 0 Å². The monoisotopic (exact) mass is 220 g/mol. The number of nitrogens with two attached hydrogens (primary N) is 1. The van der Waals surface area contributed by atoms with Gasteiger partial charge in [0.1, 0.15) is 12.1 Å². The van der Waals surface area contributed by atoms with Crippen LogP contribution in [0.5, 0.6) is 0 Å². The van der Waals surface area contributed by atoms with Gasteiger partial charge in [0.25, 0.3) is 0 Å². The molecule has 90 valence electrons. The summed E-state index contributed by atoms with van der Waals surface area (Å²) in [5.41, 5.74) is 5.12. The first-order valence-electron chi connectivity index (χ1n) is 4.71. The summed E-state index contributed by atoms with van der Waals surface area (Å²) in [6, 6.07) is -0.468. The Kier molecular flexibility index (Phi) is 8.21. The van der Waals surface area contributed by atoms with Gasteiger partial charge in [0.2, 0.25) is 5.91 Å². The summed E-state index contributed by atoms with van der Waals surface area (Å²) in [5, 5.41) is 2.75. The molecule has 0 aromatic rings. The van der Waals surface area contributed by atoms with E-state index >= 15 is 0 Å². The molecule has 15 heavy (non-hydrogen) atoms. The fourth-order valence-corrected chi connectivity index (χ4v) is 0.995. The Labute approximate surface area is 90.1 Å². The van der Waals surface area contributed by atoms with Gasteiger partial charge < -0.3 is 25.3 Å². The Morgan fingerprint density at radius 1 is 1.33 bits per heavy atom. The fourth-order valence-electron chi connectivity index (χ4n) is 0.995. The highest BCUT2D eigenvalue weighted by Crippen LogP contribution is 1.93. The standard InChI is InChI=1S/C9H20N2O4/c1-11-8(9(10)12)6-15-5-7(14-3)4-13-2/h7-8,11H,4-6H2,1-3H3,(H2,10,12). The van der Waals surface area contributed by atoms with Crippen molar-refractivity contribution < 1.29 is 19.0 Å². The molecule has 0 aliphatic rings. The third kappa shape index (κ3) is 6.40. The Morgan fingerprint density at radius 2 is 2.00 bits per heavy atom. The minimum absolute atomic E-state index is 0.125. The van der Waals surface area contributed by atoms with Crippen LogP contribution in [-0.2, 0) is 19.0 Å². The molecule has 0 aliphatic heterocycles. The number of ether oxygens (including phenoxy) is 3. The molecule has 0 saturated carbocycles. The van der Waals surface area contributed by atoms with Crippen LogP contribution in [0.3, 0.4) is 0 Å². The third-order valence-corrected chi connectivity index (χ3v) is 1.97. The van der Waals surface area contributed by atoms with Crippen LogP contribution in [0, 0.1) is 0 Å². The molecule has 6 nitrogen and oxygen atoms in total. The Morgan fingerprint density at radius 3 is 2.40 bits per heavy atom. The second-order valence-corrected chi connectivity index (χ2v) is 3.09. The van der Waals surface area contributed by atoms with Crippen LogP contribution in [0.4, 0.5) is 0 Å². The van der Waals surface area contributed by atoms with Gasteiger partial charge in [-0.3, -0.25) is 4.79 Å². The van der Waals surface area contributed by atoms with Gasteiger partial charge in [-0.25, -0.2) is 0 Å². The smallest absolute Gasteiger partial charge is 0.236 e. The highest BCUT2D eigenvalue weighted by atomic mass is 16.5. The zero-order valence-corrected chi connectivity index (χ0v) is 9.49. The summed E-state index contributed by atoms with van der Waals surface area (Å²) in [7, 11) is 4.82. The number of carbonyl (C=O) groups is 1. The van der Waals surface area contributed by atoms with Crippen molar-refractivity contribution in [3.63, 3.8) is 0 Å². The average Bonchev–Trinajstić information content (AvgIpc) is 2.22. The third-order valence-electron chi connectivity index (χ3n) is 1.97. The average molecular weight is 220 g/mol. The van der Waals surface area contributed by atoms with Crippen molar-refractivity contribution in [2.75, 3.05) is 41.1 Å². The molecule has 0 heterocycles. The normalized spacial score (nSPS) is 14.9. The number of methoxy groups -OCH3 is 2. The SMILES string of the molecule is CNC(COCC(COC)OC)C(N)=O. The summed E-state index contributed by atoms with van der Waals surface area (Å²) in [5.74, 6) is -0.432. The number of primary amides is 1. The number of nitrogens with one attached hydrogen (secondary N) is 1. The largest absolute Gasteiger partial charge is 0.382 e. The number of amides is 1. The molecule has 0 aromatic carbocycles. The summed E-state index contributed by atoms with van der Waals surface area (Å²) < 4.78 is 15.3. The maximum absolute atomic E-state index is 10.8. The Balaban J connectivity index is 3.69. The maximum atomic E-state index is 10.8. The maximum Gasteiger partial charge on any atom is 0.236 e. The van der Waals surface area contributed by atoms with E-state index in [0.717, 1.165) is 0 Å². The first-order chi connectivity index (χ1) is 7.15. The minimum Gasteiger partial charge on any atom is -0.382 e. The quantitative estimate of drug-likeness (QED) is 0.506. The van der Waals surface area contributed by atoms with Gasteiger partial charge in [-0.15, -0.1) is 0 Å². The van der Waals surface area contributed by atoms with Gasteiger partial charge in [0.15, 0.2) is 0 Å². The fraction of sp³-hybridized carbons (Fsp3) is 0.889. The molecule has 0 rings (SSSR count). The van der Waals surface area contributed by atoms with Gasteiger partial charge in [0.05, 0.1) is 19.8 Å². The van der Waals surface area contributed by atoms with E-state index in [0.29, 0.717) is 13.2 Å². The number of carbonyl (C=O) groups excluding carboxylic acids is 1. The van der Waals surface area contributed by atoms with E-state index in [2.05, 4.69) is 5.32 Å². The second-order valence-electron chi connectivity index (χ2n) is 3.09. The molecule has 2 atom stereocenters. The van der Waals surface area contributed by atoms with Crippen molar-refractivity contribution in [3.8, 4) is 0 Å². The molecule has 3 N–H and O–H groups in total. The summed E-state index contributed by atoms with van der Waals surface area (Å²) in [6.07, 6.45) is -0.125. The lowest BCUT2D eigenvalue weighted by Crippen LogP contribution is -2.43. The van der Waals surface area contributed by atoms with Crippen molar-refractivity contribution >= 4 is 5.91 Å².